The Kier molecular flexibility index (Phi) is 3.79. The van der Waals surface area contributed by atoms with Crippen molar-refractivity contribution in [1.29, 1.82) is 0 Å². The molecule has 1 unspecified atom stereocenters. The quantitative estimate of drug-likeness (QED) is 0.861. The molecule has 2 aromatic rings. The third-order valence-corrected chi connectivity index (χ3v) is 4.59. The monoisotopic (exact) mass is 251 g/mol. The zero-order valence-electron chi connectivity index (χ0n) is 9.91. The third-order valence-electron chi connectivity index (χ3n) is 2.66. The van der Waals surface area contributed by atoms with E-state index in [0.717, 1.165) is 6.54 Å². The van der Waals surface area contributed by atoms with Gasteiger partial charge in [0.05, 0.1) is 6.04 Å². The predicted molar refractivity (Wildman–Crippen MR) is 73.6 cm³/mol. The van der Waals surface area contributed by atoms with Gasteiger partial charge >= 0.3 is 0 Å². The molecule has 0 aliphatic rings. The molecule has 1 N–H and O–H groups in total. The average Bonchev–Trinajstić information content (AvgIpc) is 2.84. The molecule has 0 saturated heterocycles. The fourth-order valence-corrected chi connectivity index (χ4v) is 3.58. The molecule has 86 valence electrons. The number of nitrogens with one attached hydrogen (secondary N) is 1. The zero-order valence-corrected chi connectivity index (χ0v) is 11.5. The second-order valence-corrected chi connectivity index (χ2v) is 6.31. The van der Waals surface area contributed by atoms with Crippen molar-refractivity contribution in [3.8, 4) is 0 Å². The van der Waals surface area contributed by atoms with Gasteiger partial charge < -0.3 is 5.32 Å². The van der Waals surface area contributed by atoms with E-state index in [4.69, 9.17) is 0 Å². The van der Waals surface area contributed by atoms with Crippen LogP contribution >= 0.6 is 22.7 Å². The first kappa shape index (κ1) is 11.8. The van der Waals surface area contributed by atoms with Crippen molar-refractivity contribution in [2.45, 2.75) is 26.8 Å². The first-order valence-electron chi connectivity index (χ1n) is 5.56. The van der Waals surface area contributed by atoms with Gasteiger partial charge in [-0.2, -0.15) is 0 Å². The van der Waals surface area contributed by atoms with Crippen molar-refractivity contribution >= 4 is 22.7 Å². The lowest BCUT2D eigenvalue weighted by atomic mass is 10.1. The summed E-state index contributed by atoms with van der Waals surface area (Å²) in [5, 5.41) is 5.75. The van der Waals surface area contributed by atoms with Crippen LogP contribution in [0, 0.1) is 13.8 Å². The maximum atomic E-state index is 3.57. The van der Waals surface area contributed by atoms with Gasteiger partial charge in [-0.15, -0.1) is 22.7 Å². The van der Waals surface area contributed by atoms with Crippen molar-refractivity contribution in [2.75, 3.05) is 6.54 Å². The highest BCUT2D eigenvalue weighted by atomic mass is 32.1. The number of hydrogen-bond acceptors (Lipinski definition) is 3. The number of aryl methyl sites for hydroxylation is 2. The molecule has 0 aliphatic carbocycles. The van der Waals surface area contributed by atoms with Crippen LogP contribution in [0.5, 0.6) is 0 Å². The Labute approximate surface area is 105 Å². The SMILES string of the molecule is CCNC(c1ccc(C)s1)c1ccsc1C. The van der Waals surface area contributed by atoms with Crippen molar-refractivity contribution in [1.82, 2.24) is 5.32 Å². The summed E-state index contributed by atoms with van der Waals surface area (Å²) in [5.74, 6) is 0. The van der Waals surface area contributed by atoms with Crippen molar-refractivity contribution < 1.29 is 0 Å². The van der Waals surface area contributed by atoms with E-state index in [0.29, 0.717) is 6.04 Å². The number of thiophene rings is 2. The topological polar surface area (TPSA) is 12.0 Å². The normalized spacial score (nSPS) is 12.9. The Bertz CT molecular complexity index is 456. The largest absolute Gasteiger partial charge is 0.306 e. The van der Waals surface area contributed by atoms with Gasteiger partial charge in [0.15, 0.2) is 0 Å². The van der Waals surface area contributed by atoms with Crippen LogP contribution < -0.4 is 5.32 Å². The molecule has 2 rings (SSSR count). The molecule has 0 radical (unpaired) electrons. The lowest BCUT2D eigenvalue weighted by Gasteiger charge is -2.16. The van der Waals surface area contributed by atoms with Crippen molar-refractivity contribution in [3.05, 3.63) is 43.8 Å². The van der Waals surface area contributed by atoms with Crippen LogP contribution in [-0.4, -0.2) is 6.54 Å². The van der Waals surface area contributed by atoms with E-state index in [2.05, 4.69) is 49.7 Å². The number of hydrogen-bond donors (Lipinski definition) is 1. The summed E-state index contributed by atoms with van der Waals surface area (Å²) in [6.07, 6.45) is 0. The maximum absolute atomic E-state index is 3.57. The van der Waals surface area contributed by atoms with Crippen LogP contribution in [0.3, 0.4) is 0 Å². The van der Waals surface area contributed by atoms with E-state index in [1.807, 2.05) is 22.7 Å². The van der Waals surface area contributed by atoms with Crippen LogP contribution in [0.25, 0.3) is 0 Å². The molecule has 0 aromatic carbocycles. The zero-order chi connectivity index (χ0) is 11.5. The average molecular weight is 251 g/mol. The Morgan fingerprint density at radius 1 is 1.25 bits per heavy atom. The van der Waals surface area contributed by atoms with E-state index >= 15 is 0 Å². The van der Waals surface area contributed by atoms with Crippen LogP contribution in [0.4, 0.5) is 0 Å². The Morgan fingerprint density at radius 2 is 2.06 bits per heavy atom. The second kappa shape index (κ2) is 5.13. The molecular formula is C13H17NS2. The Morgan fingerprint density at radius 3 is 2.56 bits per heavy atom. The Balaban J connectivity index is 2.34. The summed E-state index contributed by atoms with van der Waals surface area (Å²) in [5.41, 5.74) is 1.42. The van der Waals surface area contributed by atoms with E-state index in [1.54, 1.807) is 0 Å². The molecule has 2 heterocycles. The standard InChI is InChI=1S/C13H17NS2/c1-4-14-13(11-7-8-15-10(11)3)12-6-5-9(2)16-12/h5-8,13-14H,4H2,1-3H3. The first-order valence-corrected chi connectivity index (χ1v) is 7.25. The molecule has 0 aliphatic heterocycles. The lowest BCUT2D eigenvalue weighted by Crippen LogP contribution is -2.21. The highest BCUT2D eigenvalue weighted by Crippen LogP contribution is 2.31. The fourth-order valence-electron chi connectivity index (χ4n) is 1.87. The summed E-state index contributed by atoms with van der Waals surface area (Å²) in [6.45, 7) is 7.52. The lowest BCUT2D eigenvalue weighted by molar-refractivity contribution is 0.639. The highest BCUT2D eigenvalue weighted by Gasteiger charge is 2.17. The third kappa shape index (κ3) is 2.37. The van der Waals surface area contributed by atoms with Crippen molar-refractivity contribution in [2.24, 2.45) is 0 Å². The second-order valence-electron chi connectivity index (χ2n) is 3.87. The van der Waals surface area contributed by atoms with Gasteiger partial charge in [0.2, 0.25) is 0 Å². The van der Waals surface area contributed by atoms with Gasteiger partial charge in [-0.25, -0.2) is 0 Å². The van der Waals surface area contributed by atoms with Gasteiger partial charge in [0.25, 0.3) is 0 Å². The fraction of sp³-hybridized carbons (Fsp3) is 0.385. The molecule has 1 atom stereocenters. The predicted octanol–water partition coefficient (Wildman–Crippen LogP) is 4.13. The molecule has 1 nitrogen and oxygen atoms in total. The van der Waals surface area contributed by atoms with Crippen LogP contribution in [-0.2, 0) is 0 Å². The molecule has 0 saturated carbocycles. The van der Waals surface area contributed by atoms with Gasteiger partial charge in [-0.1, -0.05) is 6.92 Å². The summed E-state index contributed by atoms with van der Waals surface area (Å²) in [6, 6.07) is 7.05. The first-order chi connectivity index (χ1) is 7.72. The maximum Gasteiger partial charge on any atom is 0.0681 e. The molecular weight excluding hydrogens is 234 g/mol. The minimum absolute atomic E-state index is 0.370. The highest BCUT2D eigenvalue weighted by molar-refractivity contribution is 7.12. The van der Waals surface area contributed by atoms with Crippen LogP contribution in [0.2, 0.25) is 0 Å². The van der Waals surface area contributed by atoms with Crippen LogP contribution in [0.15, 0.2) is 23.6 Å². The van der Waals surface area contributed by atoms with Crippen LogP contribution in [0.1, 0.15) is 33.2 Å². The summed E-state index contributed by atoms with van der Waals surface area (Å²) >= 11 is 3.71. The minimum Gasteiger partial charge on any atom is -0.306 e. The molecule has 0 fully saturated rings. The number of rotatable bonds is 4. The van der Waals surface area contributed by atoms with Gasteiger partial charge in [-0.3, -0.25) is 0 Å². The molecule has 0 spiro atoms. The van der Waals surface area contributed by atoms with E-state index in [1.165, 1.54) is 20.2 Å². The van der Waals surface area contributed by atoms with Gasteiger partial charge in [0.1, 0.15) is 0 Å². The molecule has 16 heavy (non-hydrogen) atoms. The molecule has 3 heteroatoms. The summed E-state index contributed by atoms with van der Waals surface area (Å²) < 4.78 is 0. The Hall–Kier alpha value is -0.640. The summed E-state index contributed by atoms with van der Waals surface area (Å²) in [7, 11) is 0. The van der Waals surface area contributed by atoms with Crippen molar-refractivity contribution in [3.63, 3.8) is 0 Å². The van der Waals surface area contributed by atoms with Gasteiger partial charge in [-0.05, 0) is 49.5 Å². The van der Waals surface area contributed by atoms with E-state index in [-0.39, 0.29) is 0 Å². The minimum atomic E-state index is 0.370. The van der Waals surface area contributed by atoms with E-state index in [9.17, 15) is 0 Å². The van der Waals surface area contributed by atoms with E-state index < -0.39 is 0 Å². The molecule has 2 aromatic heterocycles. The smallest absolute Gasteiger partial charge is 0.0681 e. The summed E-state index contributed by atoms with van der Waals surface area (Å²) in [4.78, 5) is 4.21. The van der Waals surface area contributed by atoms with Gasteiger partial charge in [0, 0.05) is 14.6 Å². The molecule has 0 amide bonds. The molecule has 0 bridgehead atoms.